The van der Waals surface area contributed by atoms with Crippen molar-refractivity contribution in [3.63, 3.8) is 0 Å². The molecule has 6 heteroatoms. The molecule has 3 aromatic carbocycles. The lowest BCUT2D eigenvalue weighted by Crippen LogP contribution is -2.11. The van der Waals surface area contributed by atoms with Crippen LogP contribution in [0.1, 0.15) is 37.8 Å². The van der Waals surface area contributed by atoms with Crippen LogP contribution in [-0.4, -0.2) is 29.7 Å². The lowest BCUT2D eigenvalue weighted by atomic mass is 10.0. The van der Waals surface area contributed by atoms with Crippen molar-refractivity contribution < 1.29 is 19.1 Å². The molecular weight excluding hydrogens is 464 g/mol. The van der Waals surface area contributed by atoms with Crippen molar-refractivity contribution >= 4 is 34.0 Å². The normalized spacial score (nSPS) is 11.4. The van der Waals surface area contributed by atoms with E-state index in [-0.39, 0.29) is 11.9 Å². The maximum atomic E-state index is 12.8. The van der Waals surface area contributed by atoms with Gasteiger partial charge in [0, 0.05) is 36.1 Å². The van der Waals surface area contributed by atoms with Crippen LogP contribution in [0.15, 0.2) is 91.1 Å². The molecule has 0 bridgehead atoms. The number of anilines is 1. The highest BCUT2D eigenvalue weighted by Crippen LogP contribution is 2.26. The Morgan fingerprint density at radius 3 is 2.57 bits per heavy atom. The SMILES string of the molecule is CCOC(=O)CCCOc1ccccc1NC(=O)/C=C(\C)c1ccc2c(ccn2Cc2ccccc2)c1. The second kappa shape index (κ2) is 12.6. The molecule has 0 aliphatic rings. The molecule has 4 aromatic rings. The average Bonchev–Trinajstić information content (AvgIpc) is 3.30. The van der Waals surface area contributed by atoms with Gasteiger partial charge in [-0.1, -0.05) is 48.5 Å². The van der Waals surface area contributed by atoms with E-state index in [4.69, 9.17) is 9.47 Å². The number of allylic oxidation sites excluding steroid dienone is 1. The highest BCUT2D eigenvalue weighted by atomic mass is 16.5. The van der Waals surface area contributed by atoms with Gasteiger partial charge in [0.05, 0.1) is 18.9 Å². The van der Waals surface area contributed by atoms with Gasteiger partial charge >= 0.3 is 5.97 Å². The number of nitrogens with one attached hydrogen (secondary N) is 1. The Morgan fingerprint density at radius 2 is 1.76 bits per heavy atom. The van der Waals surface area contributed by atoms with Crippen molar-refractivity contribution in [2.75, 3.05) is 18.5 Å². The Kier molecular flexibility index (Phi) is 8.76. The van der Waals surface area contributed by atoms with Crippen LogP contribution in [0.2, 0.25) is 0 Å². The molecule has 4 rings (SSSR count). The first-order chi connectivity index (χ1) is 18.0. The molecule has 6 nitrogen and oxygen atoms in total. The first kappa shape index (κ1) is 25.8. The van der Waals surface area contributed by atoms with Crippen LogP contribution in [0.25, 0.3) is 16.5 Å². The number of nitrogens with zero attached hydrogens (tertiary/aromatic N) is 1. The summed E-state index contributed by atoms with van der Waals surface area (Å²) in [5.41, 5.74) is 4.84. The van der Waals surface area contributed by atoms with E-state index in [9.17, 15) is 9.59 Å². The van der Waals surface area contributed by atoms with Gasteiger partial charge in [-0.05, 0) is 67.3 Å². The van der Waals surface area contributed by atoms with Gasteiger partial charge in [0.25, 0.3) is 0 Å². The van der Waals surface area contributed by atoms with E-state index in [0.717, 1.165) is 28.6 Å². The number of benzene rings is 3. The zero-order valence-corrected chi connectivity index (χ0v) is 21.3. The number of carbonyl (C=O) groups is 2. The van der Waals surface area contributed by atoms with Crippen LogP contribution in [0.4, 0.5) is 5.69 Å². The van der Waals surface area contributed by atoms with Crippen LogP contribution in [-0.2, 0) is 20.9 Å². The summed E-state index contributed by atoms with van der Waals surface area (Å²) in [5.74, 6) is 0.0907. The Balaban J connectivity index is 1.39. The summed E-state index contributed by atoms with van der Waals surface area (Å²) in [6, 6.07) is 26.0. The predicted molar refractivity (Wildman–Crippen MR) is 148 cm³/mol. The molecule has 0 saturated heterocycles. The highest BCUT2D eigenvalue weighted by molar-refractivity contribution is 6.04. The van der Waals surface area contributed by atoms with Crippen molar-refractivity contribution in [1.29, 1.82) is 0 Å². The molecule has 0 unspecified atom stereocenters. The molecule has 1 N–H and O–H groups in total. The molecule has 0 aliphatic carbocycles. The predicted octanol–water partition coefficient (Wildman–Crippen LogP) is 6.45. The van der Waals surface area contributed by atoms with E-state index in [2.05, 4.69) is 58.5 Å². The van der Waals surface area contributed by atoms with Crippen LogP contribution in [0.3, 0.4) is 0 Å². The number of aromatic nitrogens is 1. The van der Waals surface area contributed by atoms with Crippen LogP contribution >= 0.6 is 0 Å². The molecule has 0 atom stereocenters. The van der Waals surface area contributed by atoms with Gasteiger partial charge in [0.15, 0.2) is 0 Å². The molecule has 1 aromatic heterocycles. The van der Waals surface area contributed by atoms with Gasteiger partial charge in [-0.15, -0.1) is 0 Å². The van der Waals surface area contributed by atoms with Gasteiger partial charge in [-0.2, -0.15) is 0 Å². The number of fused-ring (bicyclic) bond motifs is 1. The molecule has 0 spiro atoms. The number of esters is 1. The minimum Gasteiger partial charge on any atom is -0.491 e. The Morgan fingerprint density at radius 1 is 0.973 bits per heavy atom. The molecule has 0 aliphatic heterocycles. The minimum absolute atomic E-state index is 0.234. The highest BCUT2D eigenvalue weighted by Gasteiger charge is 2.09. The zero-order valence-electron chi connectivity index (χ0n) is 21.3. The van der Waals surface area contributed by atoms with Crippen molar-refractivity contribution in [2.45, 2.75) is 33.2 Å². The van der Waals surface area contributed by atoms with Gasteiger partial charge < -0.3 is 19.4 Å². The standard InChI is InChI=1S/C31H32N2O4/c1-3-36-31(35)14-9-19-37-29-13-8-7-12-27(29)32-30(34)20-23(2)25-15-16-28-26(21-25)17-18-33(28)22-24-10-5-4-6-11-24/h4-8,10-13,15-18,20-21H,3,9,14,19,22H2,1-2H3,(H,32,34)/b23-20+. The lowest BCUT2D eigenvalue weighted by Gasteiger charge is -2.12. The number of amides is 1. The number of hydrogen-bond donors (Lipinski definition) is 1. The molecule has 0 fully saturated rings. The third-order valence-electron chi connectivity index (χ3n) is 6.00. The Bertz CT molecular complexity index is 1390. The van der Waals surface area contributed by atoms with E-state index in [1.165, 1.54) is 5.56 Å². The van der Waals surface area contributed by atoms with Gasteiger partial charge in [-0.3, -0.25) is 9.59 Å². The number of rotatable bonds is 11. The van der Waals surface area contributed by atoms with E-state index in [1.807, 2.05) is 31.2 Å². The van der Waals surface area contributed by atoms with Crippen LogP contribution < -0.4 is 10.1 Å². The monoisotopic (exact) mass is 496 g/mol. The van der Waals surface area contributed by atoms with E-state index in [1.54, 1.807) is 25.1 Å². The minimum atomic E-state index is -0.237. The molecule has 0 radical (unpaired) electrons. The van der Waals surface area contributed by atoms with Crippen molar-refractivity contribution in [3.05, 3.63) is 102 Å². The lowest BCUT2D eigenvalue weighted by molar-refractivity contribution is -0.143. The summed E-state index contributed by atoms with van der Waals surface area (Å²) in [4.78, 5) is 24.3. The van der Waals surface area contributed by atoms with E-state index >= 15 is 0 Å². The first-order valence-corrected chi connectivity index (χ1v) is 12.5. The topological polar surface area (TPSA) is 69.6 Å². The van der Waals surface area contributed by atoms with Gasteiger partial charge in [-0.25, -0.2) is 0 Å². The summed E-state index contributed by atoms with van der Waals surface area (Å²) in [6.45, 7) is 5.25. The maximum absolute atomic E-state index is 12.8. The van der Waals surface area contributed by atoms with Crippen molar-refractivity contribution in [1.82, 2.24) is 4.57 Å². The van der Waals surface area contributed by atoms with Crippen LogP contribution in [0.5, 0.6) is 5.75 Å². The number of ether oxygens (including phenoxy) is 2. The summed E-state index contributed by atoms with van der Waals surface area (Å²) < 4.78 is 13.0. The van der Waals surface area contributed by atoms with Crippen molar-refractivity contribution in [3.8, 4) is 5.75 Å². The molecule has 190 valence electrons. The van der Waals surface area contributed by atoms with Gasteiger partial charge in [0.2, 0.25) is 5.91 Å². The Hall–Kier alpha value is -4.32. The smallest absolute Gasteiger partial charge is 0.305 e. The molecule has 1 amide bonds. The third-order valence-corrected chi connectivity index (χ3v) is 6.00. The summed E-state index contributed by atoms with van der Waals surface area (Å²) in [5, 5.41) is 4.04. The number of hydrogen-bond acceptors (Lipinski definition) is 4. The fourth-order valence-electron chi connectivity index (χ4n) is 4.14. The summed E-state index contributed by atoms with van der Waals surface area (Å²) >= 11 is 0. The second-order valence-corrected chi connectivity index (χ2v) is 8.77. The number of para-hydroxylation sites is 2. The fraction of sp³-hybridized carbons (Fsp3) is 0.226. The largest absolute Gasteiger partial charge is 0.491 e. The molecule has 37 heavy (non-hydrogen) atoms. The Labute approximate surface area is 217 Å². The maximum Gasteiger partial charge on any atom is 0.305 e. The number of carbonyl (C=O) groups excluding carboxylic acids is 2. The molecular formula is C31H32N2O4. The molecule has 1 heterocycles. The third kappa shape index (κ3) is 7.10. The fourth-order valence-corrected chi connectivity index (χ4v) is 4.14. The van der Waals surface area contributed by atoms with E-state index < -0.39 is 0 Å². The molecule has 0 saturated carbocycles. The zero-order chi connectivity index (χ0) is 26.0. The first-order valence-electron chi connectivity index (χ1n) is 12.5. The second-order valence-electron chi connectivity index (χ2n) is 8.77. The quantitative estimate of drug-likeness (QED) is 0.147. The summed E-state index contributed by atoms with van der Waals surface area (Å²) in [6.07, 6.45) is 4.52. The van der Waals surface area contributed by atoms with Gasteiger partial charge in [0.1, 0.15) is 5.75 Å². The average molecular weight is 497 g/mol. The van der Waals surface area contributed by atoms with Crippen LogP contribution in [0, 0.1) is 0 Å². The summed E-state index contributed by atoms with van der Waals surface area (Å²) in [7, 11) is 0. The van der Waals surface area contributed by atoms with E-state index in [0.29, 0.717) is 37.5 Å². The van der Waals surface area contributed by atoms with Crippen molar-refractivity contribution in [2.24, 2.45) is 0 Å².